The minimum absolute atomic E-state index is 0.155. The Morgan fingerprint density at radius 3 is 2.63 bits per heavy atom. The molecule has 0 atom stereocenters. The normalized spacial score (nSPS) is 10.4. The van der Waals surface area contributed by atoms with Gasteiger partial charge in [-0.25, -0.2) is 4.39 Å². The molecule has 2 aromatic carbocycles. The first-order valence-corrected chi connectivity index (χ1v) is 10.2. The van der Waals surface area contributed by atoms with Crippen LogP contribution in [0.2, 0.25) is 0 Å². The summed E-state index contributed by atoms with van der Waals surface area (Å²) in [6.07, 6.45) is 0. The summed E-state index contributed by atoms with van der Waals surface area (Å²) in [4.78, 5) is 24.0. The van der Waals surface area contributed by atoms with E-state index < -0.39 is 11.7 Å². The minimum Gasteiger partial charge on any atom is -0.325 e. The van der Waals surface area contributed by atoms with Crippen LogP contribution in [0.3, 0.4) is 0 Å². The average molecular weight is 467 g/mol. The standard InChI is InChI=1S/C17H12BrFN4O2S2/c18-11-4-6-13(7-5-11)20-14(24)9-26-17-23-22-16(27-17)21-15(25)10-2-1-3-12(19)8-10/h1-8H,9H2,(H,20,24)(H,21,22,25). The molecule has 6 nitrogen and oxygen atoms in total. The van der Waals surface area contributed by atoms with E-state index in [-0.39, 0.29) is 22.4 Å². The fourth-order valence-electron chi connectivity index (χ4n) is 1.98. The van der Waals surface area contributed by atoms with Gasteiger partial charge in [-0.3, -0.25) is 14.9 Å². The summed E-state index contributed by atoms with van der Waals surface area (Å²) >= 11 is 5.68. The molecule has 0 aliphatic heterocycles. The highest BCUT2D eigenvalue weighted by Gasteiger charge is 2.12. The third-order valence-corrected chi connectivity index (χ3v) is 5.67. The lowest BCUT2D eigenvalue weighted by Gasteiger charge is -2.03. The zero-order chi connectivity index (χ0) is 19.2. The highest BCUT2D eigenvalue weighted by molar-refractivity contribution is 9.10. The second-order valence-corrected chi connectivity index (χ2v) is 8.30. The van der Waals surface area contributed by atoms with Crippen molar-refractivity contribution in [3.63, 3.8) is 0 Å². The molecule has 10 heteroatoms. The third kappa shape index (κ3) is 5.84. The molecular weight excluding hydrogens is 455 g/mol. The highest BCUT2D eigenvalue weighted by atomic mass is 79.9. The molecule has 0 unspecified atom stereocenters. The summed E-state index contributed by atoms with van der Waals surface area (Å²) in [5, 5.41) is 13.4. The Balaban J connectivity index is 1.51. The lowest BCUT2D eigenvalue weighted by atomic mass is 10.2. The predicted octanol–water partition coefficient (Wildman–Crippen LogP) is 4.42. The van der Waals surface area contributed by atoms with E-state index in [0.717, 1.165) is 21.9 Å². The van der Waals surface area contributed by atoms with E-state index in [1.54, 1.807) is 12.1 Å². The summed E-state index contributed by atoms with van der Waals surface area (Å²) in [5.74, 6) is -0.992. The SMILES string of the molecule is O=C(CSc1nnc(NC(=O)c2cccc(F)c2)s1)Nc1ccc(Br)cc1. The van der Waals surface area contributed by atoms with Gasteiger partial charge in [-0.15, -0.1) is 10.2 Å². The molecule has 3 rings (SSSR count). The van der Waals surface area contributed by atoms with Crippen LogP contribution < -0.4 is 10.6 Å². The Labute approximate surface area is 170 Å². The van der Waals surface area contributed by atoms with Crippen molar-refractivity contribution >= 4 is 61.7 Å². The van der Waals surface area contributed by atoms with Gasteiger partial charge < -0.3 is 5.32 Å². The van der Waals surface area contributed by atoms with Crippen molar-refractivity contribution in [2.75, 3.05) is 16.4 Å². The summed E-state index contributed by atoms with van der Waals surface area (Å²) in [6.45, 7) is 0. The number of hydrogen-bond donors (Lipinski definition) is 2. The van der Waals surface area contributed by atoms with Gasteiger partial charge in [0.25, 0.3) is 5.91 Å². The zero-order valence-corrected chi connectivity index (χ0v) is 16.8. The monoisotopic (exact) mass is 466 g/mol. The van der Waals surface area contributed by atoms with Crippen molar-refractivity contribution in [1.29, 1.82) is 0 Å². The van der Waals surface area contributed by atoms with Crippen LogP contribution in [-0.4, -0.2) is 27.8 Å². The van der Waals surface area contributed by atoms with Crippen molar-refractivity contribution in [3.8, 4) is 0 Å². The fraction of sp³-hybridized carbons (Fsp3) is 0.0588. The number of hydrogen-bond acceptors (Lipinski definition) is 6. The Morgan fingerprint density at radius 2 is 1.89 bits per heavy atom. The quantitative estimate of drug-likeness (QED) is 0.414. The van der Waals surface area contributed by atoms with E-state index in [1.165, 1.54) is 30.0 Å². The number of anilines is 2. The van der Waals surface area contributed by atoms with E-state index in [4.69, 9.17) is 0 Å². The van der Waals surface area contributed by atoms with Gasteiger partial charge >= 0.3 is 0 Å². The number of amides is 2. The smallest absolute Gasteiger partial charge is 0.257 e. The van der Waals surface area contributed by atoms with Gasteiger partial charge in [-0.05, 0) is 42.5 Å². The summed E-state index contributed by atoms with van der Waals surface area (Å²) < 4.78 is 14.6. The van der Waals surface area contributed by atoms with Gasteiger partial charge in [0, 0.05) is 15.7 Å². The maximum atomic E-state index is 13.2. The van der Waals surface area contributed by atoms with Crippen LogP contribution in [0.5, 0.6) is 0 Å². The number of halogens is 2. The molecule has 0 aliphatic carbocycles. The van der Waals surface area contributed by atoms with Gasteiger partial charge in [0.2, 0.25) is 11.0 Å². The number of thioether (sulfide) groups is 1. The molecule has 27 heavy (non-hydrogen) atoms. The largest absolute Gasteiger partial charge is 0.325 e. The van der Waals surface area contributed by atoms with Gasteiger partial charge in [0.05, 0.1) is 5.75 Å². The number of aromatic nitrogens is 2. The molecule has 3 aromatic rings. The van der Waals surface area contributed by atoms with E-state index in [2.05, 4.69) is 36.8 Å². The molecule has 0 saturated carbocycles. The molecular formula is C17H12BrFN4O2S2. The summed E-state index contributed by atoms with van der Waals surface area (Å²) in [6, 6.07) is 12.6. The maximum absolute atomic E-state index is 13.2. The first-order chi connectivity index (χ1) is 13.0. The average Bonchev–Trinajstić information content (AvgIpc) is 3.09. The van der Waals surface area contributed by atoms with Gasteiger partial charge in [0.1, 0.15) is 5.82 Å². The first-order valence-electron chi connectivity index (χ1n) is 7.58. The number of benzene rings is 2. The fourth-order valence-corrected chi connectivity index (χ4v) is 3.79. The van der Waals surface area contributed by atoms with Gasteiger partial charge in [-0.2, -0.15) is 0 Å². The van der Waals surface area contributed by atoms with Crippen LogP contribution in [0.15, 0.2) is 57.3 Å². The van der Waals surface area contributed by atoms with E-state index >= 15 is 0 Å². The van der Waals surface area contributed by atoms with Crippen LogP contribution in [0.1, 0.15) is 10.4 Å². The number of carbonyl (C=O) groups excluding carboxylic acids is 2. The van der Waals surface area contributed by atoms with E-state index in [0.29, 0.717) is 10.0 Å². The molecule has 0 aliphatic rings. The Bertz CT molecular complexity index is 966. The van der Waals surface area contributed by atoms with E-state index in [1.807, 2.05) is 12.1 Å². The van der Waals surface area contributed by atoms with E-state index in [9.17, 15) is 14.0 Å². The topological polar surface area (TPSA) is 84.0 Å². The molecule has 0 radical (unpaired) electrons. The van der Waals surface area contributed by atoms with Crippen molar-refractivity contribution < 1.29 is 14.0 Å². The van der Waals surface area contributed by atoms with Crippen LogP contribution >= 0.6 is 39.0 Å². The van der Waals surface area contributed by atoms with Crippen LogP contribution in [0, 0.1) is 5.82 Å². The summed E-state index contributed by atoms with van der Waals surface area (Å²) in [5.41, 5.74) is 0.886. The molecule has 0 spiro atoms. The van der Waals surface area contributed by atoms with Crippen molar-refractivity contribution in [1.82, 2.24) is 10.2 Å². The molecule has 0 bridgehead atoms. The van der Waals surface area contributed by atoms with Gasteiger partial charge in [-0.1, -0.05) is 45.1 Å². The molecule has 1 heterocycles. The van der Waals surface area contributed by atoms with Crippen molar-refractivity contribution in [3.05, 3.63) is 64.4 Å². The number of nitrogens with one attached hydrogen (secondary N) is 2. The lowest BCUT2D eigenvalue weighted by molar-refractivity contribution is -0.113. The molecule has 2 N–H and O–H groups in total. The van der Waals surface area contributed by atoms with Crippen LogP contribution in [0.25, 0.3) is 0 Å². The second-order valence-electron chi connectivity index (χ2n) is 5.18. The Kier molecular flexibility index (Phi) is 6.54. The predicted molar refractivity (Wildman–Crippen MR) is 108 cm³/mol. The minimum atomic E-state index is -0.493. The number of rotatable bonds is 6. The molecule has 0 saturated heterocycles. The highest BCUT2D eigenvalue weighted by Crippen LogP contribution is 2.26. The molecule has 2 amide bonds. The van der Waals surface area contributed by atoms with Crippen LogP contribution in [-0.2, 0) is 4.79 Å². The number of nitrogens with zero attached hydrogens (tertiary/aromatic N) is 2. The number of carbonyl (C=O) groups is 2. The first kappa shape index (κ1) is 19.5. The lowest BCUT2D eigenvalue weighted by Crippen LogP contribution is -2.13. The maximum Gasteiger partial charge on any atom is 0.257 e. The zero-order valence-electron chi connectivity index (χ0n) is 13.6. The summed E-state index contributed by atoms with van der Waals surface area (Å²) in [7, 11) is 0. The second kappa shape index (κ2) is 9.07. The Morgan fingerprint density at radius 1 is 1.11 bits per heavy atom. The molecule has 138 valence electrons. The van der Waals surface area contributed by atoms with Gasteiger partial charge in [0.15, 0.2) is 4.34 Å². The van der Waals surface area contributed by atoms with Crippen molar-refractivity contribution in [2.24, 2.45) is 0 Å². The van der Waals surface area contributed by atoms with Crippen molar-refractivity contribution in [2.45, 2.75) is 4.34 Å². The Hall–Kier alpha value is -2.30. The molecule has 1 aromatic heterocycles. The molecule has 0 fully saturated rings. The van der Waals surface area contributed by atoms with Crippen LogP contribution in [0.4, 0.5) is 15.2 Å². The third-order valence-electron chi connectivity index (χ3n) is 3.17.